The number of benzene rings is 1. The Morgan fingerprint density at radius 2 is 1.90 bits per heavy atom. The average molecular weight is 299 g/mol. The lowest BCUT2D eigenvalue weighted by molar-refractivity contribution is -0.137. The molecule has 1 aliphatic rings. The van der Waals surface area contributed by atoms with Crippen molar-refractivity contribution in [2.45, 2.75) is 25.9 Å². The Kier molecular flexibility index (Phi) is 4.32. The van der Waals surface area contributed by atoms with Crippen molar-refractivity contribution < 1.29 is 18.0 Å². The van der Waals surface area contributed by atoms with Crippen LogP contribution in [0.1, 0.15) is 25.3 Å². The SMILES string of the molecule is CC1=NN(c2ccc(C(F)(F)F)cc2)C(=O)C1CCCN. The van der Waals surface area contributed by atoms with Crippen molar-refractivity contribution in [2.75, 3.05) is 11.6 Å². The fourth-order valence-corrected chi connectivity index (χ4v) is 2.23. The highest BCUT2D eigenvalue weighted by atomic mass is 19.4. The second-order valence-corrected chi connectivity index (χ2v) is 4.92. The molecule has 4 nitrogen and oxygen atoms in total. The largest absolute Gasteiger partial charge is 0.416 e. The maximum absolute atomic E-state index is 12.5. The molecule has 0 saturated carbocycles. The highest BCUT2D eigenvalue weighted by molar-refractivity contribution is 6.14. The summed E-state index contributed by atoms with van der Waals surface area (Å²) in [5.41, 5.74) is 5.67. The molecule has 0 bridgehead atoms. The van der Waals surface area contributed by atoms with Crippen LogP contribution in [0.3, 0.4) is 0 Å². The van der Waals surface area contributed by atoms with Gasteiger partial charge in [-0.15, -0.1) is 0 Å². The van der Waals surface area contributed by atoms with Crippen molar-refractivity contribution in [1.82, 2.24) is 0 Å². The van der Waals surface area contributed by atoms with Crippen LogP contribution in [-0.4, -0.2) is 18.2 Å². The summed E-state index contributed by atoms with van der Waals surface area (Å²) in [5, 5.41) is 5.31. The third-order valence-electron chi connectivity index (χ3n) is 3.41. The van der Waals surface area contributed by atoms with E-state index in [9.17, 15) is 18.0 Å². The Balaban J connectivity index is 2.18. The third-order valence-corrected chi connectivity index (χ3v) is 3.41. The van der Waals surface area contributed by atoms with Gasteiger partial charge in [0.2, 0.25) is 0 Å². The first-order chi connectivity index (χ1) is 9.84. The minimum atomic E-state index is -4.39. The summed E-state index contributed by atoms with van der Waals surface area (Å²) >= 11 is 0. The van der Waals surface area contributed by atoms with Crippen LogP contribution >= 0.6 is 0 Å². The highest BCUT2D eigenvalue weighted by Gasteiger charge is 2.35. The molecule has 114 valence electrons. The Hall–Kier alpha value is -1.89. The zero-order valence-electron chi connectivity index (χ0n) is 11.5. The first kappa shape index (κ1) is 15.5. The second-order valence-electron chi connectivity index (χ2n) is 4.92. The molecule has 1 unspecified atom stereocenters. The molecular formula is C14H16F3N3O. The van der Waals surface area contributed by atoms with Gasteiger partial charge in [-0.25, -0.2) is 5.01 Å². The van der Waals surface area contributed by atoms with Gasteiger partial charge in [-0.3, -0.25) is 4.79 Å². The maximum atomic E-state index is 12.5. The topological polar surface area (TPSA) is 58.7 Å². The average Bonchev–Trinajstić information content (AvgIpc) is 2.71. The standard InChI is InChI=1S/C14H16F3N3O/c1-9-12(3-2-8-18)13(21)20(19-9)11-6-4-10(5-7-11)14(15,16)17/h4-7,12H,2-3,8,18H2,1H3. The van der Waals surface area contributed by atoms with Crippen molar-refractivity contribution in [3.05, 3.63) is 29.8 Å². The van der Waals surface area contributed by atoms with Gasteiger partial charge in [0.1, 0.15) is 0 Å². The van der Waals surface area contributed by atoms with Gasteiger partial charge in [-0.1, -0.05) is 0 Å². The molecule has 1 aromatic carbocycles. The number of halogens is 3. The first-order valence-electron chi connectivity index (χ1n) is 6.61. The number of hydrogen-bond donors (Lipinski definition) is 1. The van der Waals surface area contributed by atoms with Crippen LogP contribution in [0.5, 0.6) is 0 Å². The maximum Gasteiger partial charge on any atom is 0.416 e. The predicted octanol–water partition coefficient (Wildman–Crippen LogP) is 2.78. The van der Waals surface area contributed by atoms with E-state index in [2.05, 4.69) is 5.10 Å². The Labute approximate surface area is 120 Å². The monoisotopic (exact) mass is 299 g/mol. The molecule has 2 N–H and O–H groups in total. The van der Waals surface area contributed by atoms with Gasteiger partial charge in [0.15, 0.2) is 0 Å². The van der Waals surface area contributed by atoms with Gasteiger partial charge in [-0.05, 0) is 50.6 Å². The molecule has 0 fully saturated rings. The van der Waals surface area contributed by atoms with Crippen LogP contribution in [0.4, 0.5) is 18.9 Å². The summed E-state index contributed by atoms with van der Waals surface area (Å²) in [5.74, 6) is -0.559. The van der Waals surface area contributed by atoms with Crippen LogP contribution in [-0.2, 0) is 11.0 Å². The normalized spacial score (nSPS) is 19.1. The molecule has 1 amide bonds. The van der Waals surface area contributed by atoms with Gasteiger partial charge < -0.3 is 5.73 Å². The molecule has 1 atom stereocenters. The minimum Gasteiger partial charge on any atom is -0.330 e. The van der Waals surface area contributed by atoms with E-state index in [1.807, 2.05) is 0 Å². The lowest BCUT2D eigenvalue weighted by Crippen LogP contribution is -2.27. The molecule has 1 heterocycles. The number of hydrogen-bond acceptors (Lipinski definition) is 3. The fourth-order valence-electron chi connectivity index (χ4n) is 2.23. The van der Waals surface area contributed by atoms with Crippen molar-refractivity contribution in [2.24, 2.45) is 16.8 Å². The molecular weight excluding hydrogens is 283 g/mol. The lowest BCUT2D eigenvalue weighted by Gasteiger charge is -2.15. The van der Waals surface area contributed by atoms with E-state index in [4.69, 9.17) is 5.73 Å². The number of rotatable bonds is 4. The number of amides is 1. The molecule has 21 heavy (non-hydrogen) atoms. The van der Waals surface area contributed by atoms with Crippen molar-refractivity contribution in [3.8, 4) is 0 Å². The minimum absolute atomic E-state index is 0.222. The molecule has 2 rings (SSSR count). The Bertz CT molecular complexity index is 552. The summed E-state index contributed by atoms with van der Waals surface area (Å²) < 4.78 is 37.6. The molecule has 0 spiro atoms. The van der Waals surface area contributed by atoms with Crippen LogP contribution < -0.4 is 10.7 Å². The third kappa shape index (κ3) is 3.24. The van der Waals surface area contributed by atoms with E-state index in [1.54, 1.807) is 6.92 Å². The number of nitrogens with two attached hydrogens (primary N) is 1. The lowest BCUT2D eigenvalue weighted by atomic mass is 9.98. The van der Waals surface area contributed by atoms with E-state index < -0.39 is 11.7 Å². The van der Waals surface area contributed by atoms with Crippen LogP contribution in [0.25, 0.3) is 0 Å². The molecule has 0 aromatic heterocycles. The Morgan fingerprint density at radius 3 is 2.43 bits per heavy atom. The van der Waals surface area contributed by atoms with Gasteiger partial charge in [0.25, 0.3) is 5.91 Å². The molecule has 1 aliphatic heterocycles. The number of alkyl halides is 3. The number of carbonyl (C=O) groups is 1. The zero-order valence-corrected chi connectivity index (χ0v) is 11.5. The van der Waals surface area contributed by atoms with E-state index >= 15 is 0 Å². The summed E-state index contributed by atoms with van der Waals surface area (Å²) in [6, 6.07) is 4.40. The summed E-state index contributed by atoms with van der Waals surface area (Å²) in [6.45, 7) is 2.22. The smallest absolute Gasteiger partial charge is 0.330 e. The number of carbonyl (C=O) groups excluding carboxylic acids is 1. The van der Waals surface area contributed by atoms with Gasteiger partial charge in [0.05, 0.1) is 17.2 Å². The van der Waals surface area contributed by atoms with Crippen molar-refractivity contribution in [3.63, 3.8) is 0 Å². The van der Waals surface area contributed by atoms with Gasteiger partial charge in [-0.2, -0.15) is 18.3 Å². The highest BCUT2D eigenvalue weighted by Crippen LogP contribution is 2.32. The molecule has 7 heteroatoms. The van der Waals surface area contributed by atoms with Crippen LogP contribution in [0.15, 0.2) is 29.4 Å². The number of anilines is 1. The van der Waals surface area contributed by atoms with E-state index in [0.29, 0.717) is 30.8 Å². The quantitative estimate of drug-likeness (QED) is 0.929. The first-order valence-corrected chi connectivity index (χ1v) is 6.61. The summed E-state index contributed by atoms with van der Waals surface area (Å²) in [6.07, 6.45) is -3.09. The summed E-state index contributed by atoms with van der Waals surface area (Å²) in [7, 11) is 0. The second kappa shape index (κ2) is 5.85. The van der Waals surface area contributed by atoms with Crippen LogP contribution in [0, 0.1) is 5.92 Å². The van der Waals surface area contributed by atoms with E-state index in [0.717, 1.165) is 17.1 Å². The summed E-state index contributed by atoms with van der Waals surface area (Å²) in [4.78, 5) is 12.3. The molecule has 1 aromatic rings. The number of hydrazone groups is 1. The fraction of sp³-hybridized carbons (Fsp3) is 0.429. The van der Waals surface area contributed by atoms with Crippen molar-refractivity contribution in [1.29, 1.82) is 0 Å². The molecule has 0 aliphatic carbocycles. The van der Waals surface area contributed by atoms with Crippen LogP contribution in [0.2, 0.25) is 0 Å². The number of nitrogens with zero attached hydrogens (tertiary/aromatic N) is 2. The van der Waals surface area contributed by atoms with Gasteiger partial charge >= 0.3 is 6.18 Å². The predicted molar refractivity (Wildman–Crippen MR) is 73.8 cm³/mol. The van der Waals surface area contributed by atoms with Gasteiger partial charge in [0, 0.05) is 5.71 Å². The van der Waals surface area contributed by atoms with E-state index in [-0.39, 0.29) is 11.8 Å². The van der Waals surface area contributed by atoms with Crippen molar-refractivity contribution >= 4 is 17.3 Å². The molecule has 0 radical (unpaired) electrons. The zero-order chi connectivity index (χ0) is 15.6. The van der Waals surface area contributed by atoms with E-state index in [1.165, 1.54) is 12.1 Å². The molecule has 0 saturated heterocycles. The Morgan fingerprint density at radius 1 is 1.29 bits per heavy atom.